The van der Waals surface area contributed by atoms with E-state index in [-0.39, 0.29) is 11.7 Å². The smallest absolute Gasteiger partial charge is 0.269 e. The second-order valence-electron chi connectivity index (χ2n) is 4.80. The standard InChI is InChI=1S/C13H17N5OS/c1-7(2)13-16-10(6-20-13)8(3)15-11-5-4-9(12(14)19)17-18-11/h4-8H,1-3H3,(H2,14,19)(H,15,18). The molecule has 2 aromatic heterocycles. The van der Waals surface area contributed by atoms with E-state index in [0.29, 0.717) is 11.7 Å². The van der Waals surface area contributed by atoms with Crippen LogP contribution in [0.3, 0.4) is 0 Å². The molecular weight excluding hydrogens is 274 g/mol. The van der Waals surface area contributed by atoms with Crippen molar-refractivity contribution in [3.8, 4) is 0 Å². The van der Waals surface area contributed by atoms with Crippen molar-refractivity contribution in [3.05, 3.63) is 33.9 Å². The average Bonchev–Trinajstić information content (AvgIpc) is 2.89. The minimum absolute atomic E-state index is 0.0208. The van der Waals surface area contributed by atoms with E-state index in [1.807, 2.05) is 12.3 Å². The Labute approximate surface area is 121 Å². The maximum absolute atomic E-state index is 10.9. The minimum atomic E-state index is -0.585. The summed E-state index contributed by atoms with van der Waals surface area (Å²) in [5.74, 6) is 0.426. The van der Waals surface area contributed by atoms with Crippen molar-refractivity contribution in [2.75, 3.05) is 5.32 Å². The number of amides is 1. The van der Waals surface area contributed by atoms with Crippen molar-refractivity contribution in [3.63, 3.8) is 0 Å². The molecule has 1 amide bonds. The highest BCUT2D eigenvalue weighted by atomic mass is 32.1. The molecule has 0 spiro atoms. The summed E-state index contributed by atoms with van der Waals surface area (Å²) in [6, 6.07) is 3.25. The lowest BCUT2D eigenvalue weighted by Gasteiger charge is -2.11. The van der Waals surface area contributed by atoms with Crippen LogP contribution in [0.5, 0.6) is 0 Å². The second-order valence-corrected chi connectivity index (χ2v) is 5.69. The Kier molecular flexibility index (Phi) is 4.29. The molecule has 2 rings (SSSR count). The maximum Gasteiger partial charge on any atom is 0.269 e. The molecule has 0 fully saturated rings. The fraction of sp³-hybridized carbons (Fsp3) is 0.385. The summed E-state index contributed by atoms with van der Waals surface area (Å²) in [5, 5.41) is 14.0. The minimum Gasteiger partial charge on any atom is -0.364 e. The molecule has 0 aliphatic rings. The largest absolute Gasteiger partial charge is 0.364 e. The first-order valence-corrected chi connectivity index (χ1v) is 7.20. The van der Waals surface area contributed by atoms with Gasteiger partial charge in [-0.1, -0.05) is 13.8 Å². The summed E-state index contributed by atoms with van der Waals surface area (Å²) < 4.78 is 0. The van der Waals surface area contributed by atoms with Gasteiger partial charge < -0.3 is 11.1 Å². The van der Waals surface area contributed by atoms with Gasteiger partial charge in [0.2, 0.25) is 0 Å². The highest BCUT2D eigenvalue weighted by molar-refractivity contribution is 7.09. The molecule has 0 saturated carbocycles. The number of primary amides is 1. The first kappa shape index (κ1) is 14.4. The van der Waals surface area contributed by atoms with Crippen LogP contribution >= 0.6 is 11.3 Å². The fourth-order valence-corrected chi connectivity index (χ4v) is 2.53. The lowest BCUT2D eigenvalue weighted by molar-refractivity contribution is 0.0994. The van der Waals surface area contributed by atoms with E-state index in [0.717, 1.165) is 10.7 Å². The van der Waals surface area contributed by atoms with Crippen LogP contribution in [0.15, 0.2) is 17.5 Å². The predicted octanol–water partition coefficient (Wildman–Crippen LogP) is 2.33. The molecule has 0 aliphatic heterocycles. The molecule has 6 nitrogen and oxygen atoms in total. The summed E-state index contributed by atoms with van der Waals surface area (Å²) in [5.41, 5.74) is 6.24. The molecule has 0 aromatic carbocycles. The quantitative estimate of drug-likeness (QED) is 0.881. The van der Waals surface area contributed by atoms with Crippen molar-refractivity contribution in [1.82, 2.24) is 15.2 Å². The molecule has 2 heterocycles. The Morgan fingerprint density at radius 3 is 2.55 bits per heavy atom. The van der Waals surface area contributed by atoms with Gasteiger partial charge in [-0.3, -0.25) is 4.79 Å². The van der Waals surface area contributed by atoms with Gasteiger partial charge in [-0.05, 0) is 19.1 Å². The van der Waals surface area contributed by atoms with Crippen LogP contribution in [0.2, 0.25) is 0 Å². The molecule has 0 radical (unpaired) electrons. The molecule has 3 N–H and O–H groups in total. The normalized spacial score (nSPS) is 12.4. The highest BCUT2D eigenvalue weighted by Crippen LogP contribution is 2.24. The van der Waals surface area contributed by atoms with Gasteiger partial charge in [0.15, 0.2) is 5.69 Å². The van der Waals surface area contributed by atoms with Crippen LogP contribution in [0, 0.1) is 0 Å². The zero-order chi connectivity index (χ0) is 14.7. The van der Waals surface area contributed by atoms with Crippen molar-refractivity contribution in [1.29, 1.82) is 0 Å². The number of hydrogen-bond acceptors (Lipinski definition) is 6. The summed E-state index contributed by atoms with van der Waals surface area (Å²) in [6.45, 7) is 6.24. The number of carbonyl (C=O) groups excluding carboxylic acids is 1. The van der Waals surface area contributed by atoms with Crippen molar-refractivity contribution < 1.29 is 4.79 Å². The first-order valence-electron chi connectivity index (χ1n) is 6.32. The zero-order valence-corrected chi connectivity index (χ0v) is 12.4. The Morgan fingerprint density at radius 2 is 2.05 bits per heavy atom. The average molecular weight is 291 g/mol. The number of aromatic nitrogens is 3. The molecule has 1 unspecified atom stereocenters. The number of hydrogen-bond donors (Lipinski definition) is 2. The van der Waals surface area contributed by atoms with Crippen LogP contribution in [0.4, 0.5) is 5.82 Å². The number of nitrogens with two attached hydrogens (primary N) is 1. The van der Waals surface area contributed by atoms with Crippen molar-refractivity contribution in [2.24, 2.45) is 5.73 Å². The van der Waals surface area contributed by atoms with Crippen molar-refractivity contribution in [2.45, 2.75) is 32.7 Å². The van der Waals surface area contributed by atoms with Gasteiger partial charge in [-0.2, -0.15) is 0 Å². The number of anilines is 1. The number of nitrogens with zero attached hydrogens (tertiary/aromatic N) is 3. The van der Waals surface area contributed by atoms with Crippen LogP contribution in [0.1, 0.15) is 53.9 Å². The van der Waals surface area contributed by atoms with Gasteiger partial charge in [-0.15, -0.1) is 21.5 Å². The van der Waals surface area contributed by atoms with Gasteiger partial charge >= 0.3 is 0 Å². The molecular formula is C13H17N5OS. The molecule has 0 saturated heterocycles. The van der Waals surface area contributed by atoms with Gasteiger partial charge in [0.1, 0.15) is 5.82 Å². The number of carbonyl (C=O) groups is 1. The third kappa shape index (κ3) is 3.30. The molecule has 0 aliphatic carbocycles. The Hall–Kier alpha value is -2.02. The summed E-state index contributed by atoms with van der Waals surface area (Å²) in [6.07, 6.45) is 0. The zero-order valence-electron chi connectivity index (χ0n) is 11.6. The Morgan fingerprint density at radius 1 is 1.30 bits per heavy atom. The van der Waals surface area contributed by atoms with Crippen LogP contribution < -0.4 is 11.1 Å². The number of thiazole rings is 1. The molecule has 2 aromatic rings. The predicted molar refractivity (Wildman–Crippen MR) is 78.8 cm³/mol. The fourth-order valence-electron chi connectivity index (χ4n) is 1.60. The first-order chi connectivity index (χ1) is 9.47. The molecule has 106 valence electrons. The van der Waals surface area contributed by atoms with Gasteiger partial charge in [0, 0.05) is 11.3 Å². The van der Waals surface area contributed by atoms with E-state index in [4.69, 9.17) is 5.73 Å². The topological polar surface area (TPSA) is 93.8 Å². The van der Waals surface area contributed by atoms with Gasteiger partial charge in [0.25, 0.3) is 5.91 Å². The molecule has 7 heteroatoms. The van der Waals surface area contributed by atoms with E-state index in [1.54, 1.807) is 23.5 Å². The number of nitrogens with one attached hydrogen (secondary N) is 1. The Bertz CT molecular complexity index is 593. The number of rotatable bonds is 5. The van der Waals surface area contributed by atoms with Gasteiger partial charge in [0.05, 0.1) is 16.7 Å². The maximum atomic E-state index is 10.9. The lowest BCUT2D eigenvalue weighted by atomic mass is 10.2. The van der Waals surface area contributed by atoms with Crippen LogP contribution in [0.25, 0.3) is 0 Å². The highest BCUT2D eigenvalue weighted by Gasteiger charge is 2.13. The second kappa shape index (κ2) is 5.96. The lowest BCUT2D eigenvalue weighted by Crippen LogP contribution is -2.15. The Balaban J connectivity index is 2.06. The molecule has 1 atom stereocenters. The van der Waals surface area contributed by atoms with E-state index in [9.17, 15) is 4.79 Å². The van der Waals surface area contributed by atoms with E-state index >= 15 is 0 Å². The van der Waals surface area contributed by atoms with E-state index in [2.05, 4.69) is 34.3 Å². The monoisotopic (exact) mass is 291 g/mol. The van der Waals surface area contributed by atoms with Crippen LogP contribution in [-0.2, 0) is 0 Å². The van der Waals surface area contributed by atoms with Crippen molar-refractivity contribution >= 4 is 23.1 Å². The summed E-state index contributed by atoms with van der Waals surface area (Å²) >= 11 is 1.65. The molecule has 20 heavy (non-hydrogen) atoms. The van der Waals surface area contributed by atoms with E-state index in [1.165, 1.54) is 0 Å². The molecule has 0 bridgehead atoms. The third-order valence-corrected chi connectivity index (χ3v) is 3.92. The summed E-state index contributed by atoms with van der Waals surface area (Å²) in [4.78, 5) is 15.5. The van der Waals surface area contributed by atoms with Gasteiger partial charge in [-0.25, -0.2) is 4.98 Å². The third-order valence-electron chi connectivity index (χ3n) is 2.76. The van der Waals surface area contributed by atoms with Crippen LogP contribution in [-0.4, -0.2) is 21.1 Å². The SMILES string of the molecule is CC(C)c1nc(C(C)Nc2ccc(C(N)=O)nn2)cs1. The van der Waals surface area contributed by atoms with E-state index < -0.39 is 5.91 Å². The summed E-state index contributed by atoms with van der Waals surface area (Å²) in [7, 11) is 0.